The van der Waals surface area contributed by atoms with Crippen molar-refractivity contribution in [2.45, 2.75) is 18.9 Å². The van der Waals surface area contributed by atoms with Crippen molar-refractivity contribution in [3.63, 3.8) is 0 Å². The number of carbonyl (C=O) groups is 1. The molecule has 3 nitrogen and oxygen atoms in total. The summed E-state index contributed by atoms with van der Waals surface area (Å²) in [5, 5.41) is 3.17. The Kier molecular flexibility index (Phi) is 6.36. The topological polar surface area (TPSA) is 32.3 Å². The maximum absolute atomic E-state index is 13.2. The Morgan fingerprint density at radius 3 is 2.40 bits per heavy atom. The van der Waals surface area contributed by atoms with Gasteiger partial charge in [0.15, 0.2) is 11.6 Å². The van der Waals surface area contributed by atoms with Crippen molar-refractivity contribution < 1.29 is 13.6 Å². The minimum atomic E-state index is -1.00. The van der Waals surface area contributed by atoms with Gasteiger partial charge in [0.05, 0.1) is 5.56 Å². The van der Waals surface area contributed by atoms with E-state index in [4.69, 9.17) is 0 Å². The van der Waals surface area contributed by atoms with Crippen LogP contribution < -0.4 is 5.32 Å². The molecule has 0 spiro atoms. The smallest absolute Gasteiger partial charge is 0.255 e. The maximum atomic E-state index is 13.2. The van der Waals surface area contributed by atoms with E-state index >= 15 is 0 Å². The standard InChI is InChI=1S/C13H15BrF2N2O.ClH/c1-17-8-2-4-18(5-3-8)13(19)9-6-11(15)12(16)7-10(9)14;/h6-8,17H,2-5H2,1H3;1H. The van der Waals surface area contributed by atoms with Gasteiger partial charge in [-0.3, -0.25) is 4.79 Å². The first kappa shape index (κ1) is 17.3. The van der Waals surface area contributed by atoms with E-state index in [0.717, 1.165) is 25.0 Å². The average molecular weight is 370 g/mol. The molecule has 1 N–H and O–H groups in total. The minimum Gasteiger partial charge on any atom is -0.338 e. The number of likely N-dealkylation sites (tertiary alicyclic amines) is 1. The molecule has 1 amide bonds. The molecule has 0 aromatic heterocycles. The van der Waals surface area contributed by atoms with Crippen molar-refractivity contribution in [3.05, 3.63) is 33.8 Å². The van der Waals surface area contributed by atoms with Gasteiger partial charge in [-0.2, -0.15) is 0 Å². The summed E-state index contributed by atoms with van der Waals surface area (Å²) < 4.78 is 26.5. The monoisotopic (exact) mass is 368 g/mol. The first-order valence-corrected chi connectivity index (χ1v) is 6.93. The lowest BCUT2D eigenvalue weighted by Crippen LogP contribution is -2.44. The number of carbonyl (C=O) groups excluding carboxylic acids is 1. The summed E-state index contributed by atoms with van der Waals surface area (Å²) in [5.74, 6) is -2.23. The number of halogens is 4. The zero-order valence-electron chi connectivity index (χ0n) is 11.0. The molecule has 0 aliphatic carbocycles. The fourth-order valence-electron chi connectivity index (χ4n) is 2.23. The largest absolute Gasteiger partial charge is 0.338 e. The lowest BCUT2D eigenvalue weighted by Gasteiger charge is -2.32. The van der Waals surface area contributed by atoms with Gasteiger partial charge in [-0.15, -0.1) is 12.4 Å². The van der Waals surface area contributed by atoms with Crippen LogP contribution in [0.2, 0.25) is 0 Å². The van der Waals surface area contributed by atoms with E-state index in [-0.39, 0.29) is 28.4 Å². The fraction of sp³-hybridized carbons (Fsp3) is 0.462. The minimum absolute atomic E-state index is 0. The Morgan fingerprint density at radius 2 is 1.85 bits per heavy atom. The number of nitrogens with zero attached hydrogens (tertiary/aromatic N) is 1. The average Bonchev–Trinajstić information content (AvgIpc) is 2.42. The lowest BCUT2D eigenvalue weighted by molar-refractivity contribution is 0.0706. The lowest BCUT2D eigenvalue weighted by atomic mass is 10.0. The van der Waals surface area contributed by atoms with E-state index in [1.165, 1.54) is 0 Å². The van der Waals surface area contributed by atoms with Gasteiger partial charge in [0.2, 0.25) is 0 Å². The van der Waals surface area contributed by atoms with E-state index < -0.39 is 11.6 Å². The Hall–Kier alpha value is -0.720. The molecular formula is C13H16BrClF2N2O. The second kappa shape index (κ2) is 7.33. The molecule has 1 heterocycles. The second-order valence-electron chi connectivity index (χ2n) is 4.60. The SMILES string of the molecule is CNC1CCN(C(=O)c2cc(F)c(F)cc2Br)CC1.Cl. The Morgan fingerprint density at radius 1 is 1.30 bits per heavy atom. The molecule has 1 saturated heterocycles. The van der Waals surface area contributed by atoms with Crippen LogP contribution in [-0.2, 0) is 0 Å². The summed E-state index contributed by atoms with van der Waals surface area (Å²) in [5.41, 5.74) is 0.168. The van der Waals surface area contributed by atoms with E-state index in [2.05, 4.69) is 21.2 Å². The second-order valence-corrected chi connectivity index (χ2v) is 5.46. The number of amides is 1. The molecule has 112 valence electrons. The van der Waals surface area contributed by atoms with Crippen LogP contribution in [0.4, 0.5) is 8.78 Å². The van der Waals surface area contributed by atoms with Crippen molar-refractivity contribution in [3.8, 4) is 0 Å². The number of rotatable bonds is 2. The predicted octanol–water partition coefficient (Wildman–Crippen LogP) is 2.97. The van der Waals surface area contributed by atoms with E-state index in [1.807, 2.05) is 7.05 Å². The fourth-order valence-corrected chi connectivity index (χ4v) is 2.71. The summed E-state index contributed by atoms with van der Waals surface area (Å²) >= 11 is 3.11. The summed E-state index contributed by atoms with van der Waals surface area (Å²) in [4.78, 5) is 13.9. The molecule has 2 rings (SSSR count). The molecule has 20 heavy (non-hydrogen) atoms. The first-order chi connectivity index (χ1) is 9.02. The highest BCUT2D eigenvalue weighted by Crippen LogP contribution is 2.23. The van der Waals surface area contributed by atoms with Crippen LogP contribution in [0, 0.1) is 11.6 Å². The van der Waals surface area contributed by atoms with Crippen molar-refractivity contribution in [2.24, 2.45) is 0 Å². The number of nitrogens with one attached hydrogen (secondary N) is 1. The van der Waals surface area contributed by atoms with E-state index in [1.54, 1.807) is 4.90 Å². The van der Waals surface area contributed by atoms with Gasteiger partial charge < -0.3 is 10.2 Å². The van der Waals surface area contributed by atoms with Crippen LogP contribution >= 0.6 is 28.3 Å². The third-order valence-corrected chi connectivity index (χ3v) is 4.09. The molecule has 0 unspecified atom stereocenters. The third-order valence-electron chi connectivity index (χ3n) is 3.43. The molecule has 7 heteroatoms. The van der Waals surface area contributed by atoms with Crippen molar-refractivity contribution >= 4 is 34.2 Å². The zero-order chi connectivity index (χ0) is 14.0. The van der Waals surface area contributed by atoms with Crippen LogP contribution in [-0.4, -0.2) is 37.0 Å². The van der Waals surface area contributed by atoms with E-state index in [9.17, 15) is 13.6 Å². The Labute approximate surface area is 131 Å². The number of hydrogen-bond donors (Lipinski definition) is 1. The predicted molar refractivity (Wildman–Crippen MR) is 79.3 cm³/mol. The van der Waals surface area contributed by atoms with Gasteiger partial charge in [-0.25, -0.2) is 8.78 Å². The molecule has 1 aromatic carbocycles. The third kappa shape index (κ3) is 3.68. The quantitative estimate of drug-likeness (QED) is 0.813. The molecule has 1 aliphatic rings. The van der Waals surface area contributed by atoms with Gasteiger partial charge >= 0.3 is 0 Å². The van der Waals surface area contributed by atoms with Crippen LogP contribution in [0.15, 0.2) is 16.6 Å². The van der Waals surface area contributed by atoms with Crippen LogP contribution in [0.3, 0.4) is 0 Å². The molecule has 1 fully saturated rings. The summed E-state index contributed by atoms with van der Waals surface area (Å²) in [6, 6.07) is 2.35. The van der Waals surface area contributed by atoms with Gasteiger partial charge in [0, 0.05) is 23.6 Å². The van der Waals surface area contributed by atoms with Crippen molar-refractivity contribution in [1.82, 2.24) is 10.2 Å². The number of hydrogen-bond acceptors (Lipinski definition) is 2. The maximum Gasteiger partial charge on any atom is 0.255 e. The normalized spacial score (nSPS) is 15.9. The highest BCUT2D eigenvalue weighted by Gasteiger charge is 2.25. The van der Waals surface area contributed by atoms with Gasteiger partial charge in [-0.05, 0) is 48.0 Å². The van der Waals surface area contributed by atoms with Crippen LogP contribution in [0.1, 0.15) is 23.2 Å². The molecule has 0 radical (unpaired) electrons. The molecule has 1 aliphatic heterocycles. The summed E-state index contributed by atoms with van der Waals surface area (Å²) in [6.45, 7) is 1.24. The molecule has 0 atom stereocenters. The van der Waals surface area contributed by atoms with Gasteiger partial charge in [-0.1, -0.05) is 0 Å². The van der Waals surface area contributed by atoms with Crippen molar-refractivity contribution in [2.75, 3.05) is 20.1 Å². The highest BCUT2D eigenvalue weighted by molar-refractivity contribution is 9.10. The molecular weight excluding hydrogens is 354 g/mol. The molecule has 0 bridgehead atoms. The number of benzene rings is 1. The van der Waals surface area contributed by atoms with Crippen LogP contribution in [0.25, 0.3) is 0 Å². The Balaban J connectivity index is 0.00000200. The molecule has 1 aromatic rings. The zero-order valence-corrected chi connectivity index (χ0v) is 13.4. The van der Waals surface area contributed by atoms with E-state index in [0.29, 0.717) is 19.1 Å². The first-order valence-electron chi connectivity index (χ1n) is 6.14. The Bertz CT molecular complexity index is 494. The number of piperidine rings is 1. The van der Waals surface area contributed by atoms with Gasteiger partial charge in [0.25, 0.3) is 5.91 Å². The summed E-state index contributed by atoms with van der Waals surface area (Å²) in [7, 11) is 1.90. The van der Waals surface area contributed by atoms with Crippen molar-refractivity contribution in [1.29, 1.82) is 0 Å². The summed E-state index contributed by atoms with van der Waals surface area (Å²) in [6.07, 6.45) is 1.73. The highest BCUT2D eigenvalue weighted by atomic mass is 79.9. The van der Waals surface area contributed by atoms with Crippen LogP contribution in [0.5, 0.6) is 0 Å². The van der Waals surface area contributed by atoms with Gasteiger partial charge in [0.1, 0.15) is 0 Å². The molecule has 0 saturated carbocycles.